The fourth-order valence-corrected chi connectivity index (χ4v) is 2.78. The second-order valence-corrected chi connectivity index (χ2v) is 5.98. The van der Waals surface area contributed by atoms with Crippen LogP contribution in [0.5, 0.6) is 0 Å². The number of rotatable bonds is 4. The van der Waals surface area contributed by atoms with Gasteiger partial charge in [-0.15, -0.1) is 11.3 Å². The molecule has 1 N–H and O–H groups in total. The molecule has 0 unspecified atom stereocenters. The van der Waals surface area contributed by atoms with Gasteiger partial charge in [-0.2, -0.15) is 0 Å². The molecule has 0 atom stereocenters. The van der Waals surface area contributed by atoms with Gasteiger partial charge in [-0.25, -0.2) is 4.79 Å². The highest BCUT2D eigenvalue weighted by atomic mass is 35.5. The second-order valence-electron chi connectivity index (χ2n) is 3.74. The first-order valence-corrected chi connectivity index (χ1v) is 7.03. The minimum Gasteiger partial charge on any atom is -0.465 e. The Balaban J connectivity index is 2.17. The zero-order valence-electron chi connectivity index (χ0n) is 10.1. The van der Waals surface area contributed by atoms with Crippen LogP contribution in [-0.2, 0) is 11.3 Å². The van der Waals surface area contributed by atoms with E-state index in [1.165, 1.54) is 18.4 Å². The molecule has 3 nitrogen and oxygen atoms in total. The second kappa shape index (κ2) is 6.28. The van der Waals surface area contributed by atoms with Crippen LogP contribution < -0.4 is 5.32 Å². The molecule has 0 aliphatic rings. The van der Waals surface area contributed by atoms with Crippen LogP contribution >= 0.6 is 34.5 Å². The maximum atomic E-state index is 11.7. The van der Waals surface area contributed by atoms with Gasteiger partial charge in [0.15, 0.2) is 0 Å². The number of carbonyl (C=O) groups excluding carboxylic acids is 1. The van der Waals surface area contributed by atoms with Crippen molar-refractivity contribution in [2.24, 2.45) is 0 Å². The number of halogens is 2. The highest BCUT2D eigenvalue weighted by Gasteiger charge is 2.12. The third-order valence-electron chi connectivity index (χ3n) is 2.47. The maximum absolute atomic E-state index is 11.7. The Morgan fingerprint density at radius 1 is 1.32 bits per heavy atom. The largest absolute Gasteiger partial charge is 0.465 e. The number of hydrogen-bond acceptors (Lipinski definition) is 4. The average molecular weight is 316 g/mol. The number of benzene rings is 1. The first-order valence-electron chi connectivity index (χ1n) is 5.46. The van der Waals surface area contributed by atoms with Gasteiger partial charge in [-0.1, -0.05) is 23.2 Å². The van der Waals surface area contributed by atoms with Crippen LogP contribution in [0.2, 0.25) is 9.36 Å². The first-order chi connectivity index (χ1) is 9.10. The van der Waals surface area contributed by atoms with E-state index in [9.17, 15) is 4.79 Å². The highest BCUT2D eigenvalue weighted by Crippen LogP contribution is 2.25. The van der Waals surface area contributed by atoms with E-state index in [1.54, 1.807) is 18.2 Å². The van der Waals surface area contributed by atoms with E-state index in [-0.39, 0.29) is 0 Å². The fourth-order valence-electron chi connectivity index (χ4n) is 1.58. The fraction of sp³-hybridized carbons (Fsp3) is 0.154. The molecule has 1 heterocycles. The highest BCUT2D eigenvalue weighted by molar-refractivity contribution is 7.16. The van der Waals surface area contributed by atoms with Crippen molar-refractivity contribution in [1.29, 1.82) is 0 Å². The molecule has 0 spiro atoms. The molecule has 0 saturated carbocycles. The summed E-state index contributed by atoms with van der Waals surface area (Å²) in [6, 6.07) is 8.83. The van der Waals surface area contributed by atoms with E-state index in [1.807, 2.05) is 12.1 Å². The van der Waals surface area contributed by atoms with Crippen molar-refractivity contribution in [3.63, 3.8) is 0 Å². The molecule has 100 valence electrons. The van der Waals surface area contributed by atoms with E-state index < -0.39 is 5.97 Å². The molecule has 0 aliphatic carbocycles. The molecule has 2 aromatic rings. The summed E-state index contributed by atoms with van der Waals surface area (Å²) in [5.74, 6) is -0.422. The van der Waals surface area contributed by atoms with Gasteiger partial charge in [0, 0.05) is 22.1 Å². The summed E-state index contributed by atoms with van der Waals surface area (Å²) in [5.41, 5.74) is 1.10. The van der Waals surface area contributed by atoms with E-state index in [4.69, 9.17) is 27.9 Å². The third-order valence-corrected chi connectivity index (χ3v) is 3.94. The summed E-state index contributed by atoms with van der Waals surface area (Å²) in [5, 5.41) is 3.67. The number of methoxy groups -OCH3 is 1. The Hall–Kier alpha value is -1.23. The van der Waals surface area contributed by atoms with Crippen molar-refractivity contribution < 1.29 is 9.53 Å². The zero-order valence-corrected chi connectivity index (χ0v) is 12.4. The van der Waals surface area contributed by atoms with Crippen LogP contribution in [0.25, 0.3) is 0 Å². The van der Waals surface area contributed by atoms with Crippen molar-refractivity contribution in [2.75, 3.05) is 12.4 Å². The number of anilines is 1. The number of thiophene rings is 1. The molecule has 1 aromatic carbocycles. The number of carbonyl (C=O) groups is 1. The number of ether oxygens (including phenoxy) is 1. The van der Waals surface area contributed by atoms with Gasteiger partial charge in [-0.3, -0.25) is 0 Å². The first kappa shape index (κ1) is 14.2. The molecule has 1 aromatic heterocycles. The minimum atomic E-state index is -0.422. The lowest BCUT2D eigenvalue weighted by Crippen LogP contribution is -2.07. The molecular weight excluding hydrogens is 305 g/mol. The van der Waals surface area contributed by atoms with Gasteiger partial charge in [0.05, 0.1) is 17.0 Å². The molecule has 0 fully saturated rings. The van der Waals surface area contributed by atoms with E-state index in [2.05, 4.69) is 5.32 Å². The predicted molar refractivity (Wildman–Crippen MR) is 79.4 cm³/mol. The minimum absolute atomic E-state index is 0.414. The van der Waals surface area contributed by atoms with E-state index in [0.717, 1.165) is 9.21 Å². The summed E-state index contributed by atoms with van der Waals surface area (Å²) >= 11 is 13.2. The Morgan fingerprint density at radius 2 is 2.11 bits per heavy atom. The lowest BCUT2D eigenvalue weighted by Gasteiger charge is -2.10. The zero-order chi connectivity index (χ0) is 13.8. The molecule has 0 saturated heterocycles. The van der Waals surface area contributed by atoms with E-state index >= 15 is 0 Å². The van der Waals surface area contributed by atoms with E-state index in [0.29, 0.717) is 22.8 Å². The lowest BCUT2D eigenvalue weighted by molar-refractivity contribution is 0.0602. The molecule has 0 bridgehead atoms. The lowest BCUT2D eigenvalue weighted by atomic mass is 10.2. The van der Waals surface area contributed by atoms with Crippen LogP contribution in [0.4, 0.5) is 5.69 Å². The van der Waals surface area contributed by atoms with Gasteiger partial charge in [0.1, 0.15) is 0 Å². The summed E-state index contributed by atoms with van der Waals surface area (Å²) < 4.78 is 5.47. The van der Waals surface area contributed by atoms with Gasteiger partial charge < -0.3 is 10.1 Å². The Bertz CT molecular complexity index is 598. The van der Waals surface area contributed by atoms with Gasteiger partial charge in [0.25, 0.3) is 0 Å². The molecule has 19 heavy (non-hydrogen) atoms. The van der Waals surface area contributed by atoms with Crippen LogP contribution in [0.15, 0.2) is 30.3 Å². The van der Waals surface area contributed by atoms with Gasteiger partial charge in [0.2, 0.25) is 0 Å². The smallest absolute Gasteiger partial charge is 0.340 e. The molecular formula is C13H11Cl2NO2S. The molecule has 0 radical (unpaired) electrons. The summed E-state index contributed by atoms with van der Waals surface area (Å²) in [6.07, 6.45) is 0. The van der Waals surface area contributed by atoms with Crippen LogP contribution in [0, 0.1) is 0 Å². The summed E-state index contributed by atoms with van der Waals surface area (Å²) in [6.45, 7) is 0.586. The third kappa shape index (κ3) is 3.62. The molecule has 2 rings (SSSR count). The number of nitrogens with one attached hydrogen (secondary N) is 1. The van der Waals surface area contributed by atoms with Crippen LogP contribution in [0.3, 0.4) is 0 Å². The van der Waals surface area contributed by atoms with Crippen molar-refractivity contribution >= 4 is 46.2 Å². The maximum Gasteiger partial charge on any atom is 0.340 e. The Morgan fingerprint density at radius 3 is 2.74 bits per heavy atom. The molecule has 6 heteroatoms. The van der Waals surface area contributed by atoms with Crippen molar-refractivity contribution in [3.05, 3.63) is 50.1 Å². The van der Waals surface area contributed by atoms with Gasteiger partial charge >= 0.3 is 5.97 Å². The SMILES string of the molecule is COC(=O)c1cc(Cl)ccc1NCc1ccc(Cl)s1. The Kier molecular flexibility index (Phi) is 4.69. The van der Waals surface area contributed by atoms with Crippen molar-refractivity contribution in [3.8, 4) is 0 Å². The number of esters is 1. The predicted octanol–water partition coefficient (Wildman–Crippen LogP) is 4.45. The average Bonchev–Trinajstić information content (AvgIpc) is 2.82. The summed E-state index contributed by atoms with van der Waals surface area (Å²) in [7, 11) is 1.34. The van der Waals surface area contributed by atoms with Gasteiger partial charge in [-0.05, 0) is 30.3 Å². The standard InChI is InChI=1S/C13H11Cl2NO2S/c1-18-13(17)10-6-8(14)2-4-11(10)16-7-9-3-5-12(15)19-9/h2-6,16H,7H2,1H3. The Labute approximate surface area is 125 Å². The monoisotopic (exact) mass is 315 g/mol. The quantitative estimate of drug-likeness (QED) is 0.847. The topological polar surface area (TPSA) is 38.3 Å². The van der Waals surface area contributed by atoms with Crippen molar-refractivity contribution in [1.82, 2.24) is 0 Å². The normalized spacial score (nSPS) is 10.3. The van der Waals surface area contributed by atoms with Crippen molar-refractivity contribution in [2.45, 2.75) is 6.54 Å². The number of hydrogen-bond donors (Lipinski definition) is 1. The van der Waals surface area contributed by atoms with Crippen LogP contribution in [-0.4, -0.2) is 13.1 Å². The molecule has 0 amide bonds. The molecule has 0 aliphatic heterocycles. The van der Waals surface area contributed by atoms with Crippen LogP contribution in [0.1, 0.15) is 15.2 Å². The summed E-state index contributed by atoms with van der Waals surface area (Å²) in [4.78, 5) is 12.7.